The topological polar surface area (TPSA) is 81.9 Å². The van der Waals surface area contributed by atoms with Crippen molar-refractivity contribution in [2.24, 2.45) is 0 Å². The van der Waals surface area contributed by atoms with E-state index in [4.69, 9.17) is 4.74 Å². The highest BCUT2D eigenvalue weighted by Crippen LogP contribution is 2.24. The number of hydrogen-bond donors (Lipinski definition) is 1. The van der Waals surface area contributed by atoms with E-state index in [1.807, 2.05) is 50.5 Å². The average Bonchev–Trinajstić information content (AvgIpc) is 3.08. The third kappa shape index (κ3) is 4.45. The van der Waals surface area contributed by atoms with Crippen molar-refractivity contribution in [1.29, 1.82) is 0 Å². The summed E-state index contributed by atoms with van der Waals surface area (Å²) in [6.45, 7) is 7.68. The van der Waals surface area contributed by atoms with Crippen LogP contribution in [-0.4, -0.2) is 25.4 Å². The summed E-state index contributed by atoms with van der Waals surface area (Å²) < 4.78 is 7.84. The zero-order valence-corrected chi connectivity index (χ0v) is 17.9. The van der Waals surface area contributed by atoms with Crippen LogP contribution >= 0.6 is 0 Å². The van der Waals surface area contributed by atoms with Crippen molar-refractivity contribution in [3.63, 3.8) is 0 Å². The fourth-order valence-electron chi connectivity index (χ4n) is 3.18. The number of benzene rings is 2. The summed E-state index contributed by atoms with van der Waals surface area (Å²) in [6.07, 6.45) is 1.74. The van der Waals surface area contributed by atoms with Crippen LogP contribution < -0.4 is 10.1 Å². The highest BCUT2D eigenvalue weighted by atomic mass is 16.5. The van der Waals surface area contributed by atoms with E-state index in [9.17, 15) is 4.79 Å². The third-order valence-electron chi connectivity index (χ3n) is 5.02. The number of nitrogens with zero attached hydrogens (tertiary/aromatic N) is 4. The lowest BCUT2D eigenvalue weighted by Gasteiger charge is -2.11. The molecule has 0 saturated carbocycles. The van der Waals surface area contributed by atoms with Crippen molar-refractivity contribution < 1.29 is 9.53 Å². The lowest BCUT2D eigenvalue weighted by molar-refractivity contribution is 0.102. The van der Waals surface area contributed by atoms with Crippen LogP contribution in [0.25, 0.3) is 5.82 Å². The van der Waals surface area contributed by atoms with Crippen LogP contribution in [0.1, 0.15) is 33.1 Å². The van der Waals surface area contributed by atoms with Crippen LogP contribution in [0.5, 0.6) is 11.6 Å². The first kappa shape index (κ1) is 20.3. The summed E-state index contributed by atoms with van der Waals surface area (Å²) in [7, 11) is 0. The Morgan fingerprint density at radius 2 is 1.71 bits per heavy atom. The number of ether oxygens (including phenoxy) is 1. The molecule has 2 aromatic carbocycles. The summed E-state index contributed by atoms with van der Waals surface area (Å²) in [5.74, 6) is 2.19. The van der Waals surface area contributed by atoms with Crippen molar-refractivity contribution in [2.75, 3.05) is 5.32 Å². The quantitative estimate of drug-likeness (QED) is 0.501. The number of hydrogen-bond acceptors (Lipinski definition) is 5. The van der Waals surface area contributed by atoms with Gasteiger partial charge < -0.3 is 10.1 Å². The molecule has 156 valence electrons. The molecule has 0 bridgehead atoms. The minimum Gasteiger partial charge on any atom is -0.439 e. The van der Waals surface area contributed by atoms with Gasteiger partial charge in [-0.05, 0) is 63.6 Å². The van der Waals surface area contributed by atoms with Crippen LogP contribution in [0.2, 0.25) is 0 Å². The van der Waals surface area contributed by atoms with Gasteiger partial charge in [0.25, 0.3) is 5.91 Å². The largest absolute Gasteiger partial charge is 0.439 e. The number of aromatic nitrogens is 4. The predicted molar refractivity (Wildman–Crippen MR) is 119 cm³/mol. The van der Waals surface area contributed by atoms with Gasteiger partial charge in [-0.25, -0.2) is 9.97 Å². The van der Waals surface area contributed by atoms with Gasteiger partial charge >= 0.3 is 0 Å². The smallest absolute Gasteiger partial charge is 0.255 e. The molecule has 31 heavy (non-hydrogen) atoms. The van der Waals surface area contributed by atoms with Gasteiger partial charge in [0.1, 0.15) is 23.7 Å². The van der Waals surface area contributed by atoms with Crippen molar-refractivity contribution in [3.05, 3.63) is 89.3 Å². The normalized spacial score (nSPS) is 10.7. The van der Waals surface area contributed by atoms with Crippen molar-refractivity contribution in [2.45, 2.75) is 27.7 Å². The molecule has 2 heterocycles. The number of imidazole rings is 1. The molecule has 0 radical (unpaired) electrons. The van der Waals surface area contributed by atoms with Crippen LogP contribution in [-0.2, 0) is 0 Å². The highest BCUT2D eigenvalue weighted by molar-refractivity contribution is 6.05. The predicted octanol–water partition coefficient (Wildman–Crippen LogP) is 4.94. The Morgan fingerprint density at radius 3 is 2.39 bits per heavy atom. The fourth-order valence-corrected chi connectivity index (χ4v) is 3.18. The molecule has 1 N–H and O–H groups in total. The molecular formula is C24H23N5O2. The van der Waals surface area contributed by atoms with Gasteiger partial charge in [-0.2, -0.15) is 4.98 Å². The van der Waals surface area contributed by atoms with Crippen LogP contribution in [0, 0.1) is 27.7 Å². The lowest BCUT2D eigenvalue weighted by Crippen LogP contribution is -2.13. The Hall–Kier alpha value is -4.00. The zero-order chi connectivity index (χ0) is 22.0. The minimum atomic E-state index is -0.145. The average molecular weight is 413 g/mol. The van der Waals surface area contributed by atoms with E-state index in [0.717, 1.165) is 17.0 Å². The van der Waals surface area contributed by atoms with E-state index in [1.54, 1.807) is 42.7 Å². The number of amides is 1. The first-order chi connectivity index (χ1) is 14.9. The van der Waals surface area contributed by atoms with E-state index in [2.05, 4.69) is 20.3 Å². The standard InChI is InChI=1S/C24H23N5O2/c1-15-7-5-6-8-21(15)24(30)28-19-9-11-20(12-10-19)31-23-13-22(26-18(4)27-23)29-14-25-16(2)17(29)3/h5-14H,1-4H3,(H,28,30). The maximum absolute atomic E-state index is 12.5. The number of aryl methyl sites for hydroxylation is 3. The molecule has 2 aromatic heterocycles. The Morgan fingerprint density at radius 1 is 0.968 bits per heavy atom. The molecule has 0 aliphatic heterocycles. The van der Waals surface area contributed by atoms with Gasteiger partial charge in [0.15, 0.2) is 0 Å². The molecule has 0 atom stereocenters. The van der Waals surface area contributed by atoms with E-state index >= 15 is 0 Å². The van der Waals surface area contributed by atoms with Gasteiger partial charge in [-0.15, -0.1) is 0 Å². The lowest BCUT2D eigenvalue weighted by atomic mass is 10.1. The van der Waals surface area contributed by atoms with Crippen molar-refractivity contribution in [3.8, 4) is 17.4 Å². The van der Waals surface area contributed by atoms with Gasteiger partial charge in [-0.3, -0.25) is 9.36 Å². The molecule has 4 aromatic rings. The maximum Gasteiger partial charge on any atom is 0.255 e. The summed E-state index contributed by atoms with van der Waals surface area (Å²) >= 11 is 0. The van der Waals surface area contributed by atoms with E-state index in [1.165, 1.54) is 0 Å². The monoisotopic (exact) mass is 413 g/mol. The number of anilines is 1. The Kier molecular flexibility index (Phi) is 5.49. The molecule has 0 fully saturated rings. The number of rotatable bonds is 5. The van der Waals surface area contributed by atoms with Gasteiger partial charge in [0.05, 0.1) is 5.69 Å². The van der Waals surface area contributed by atoms with Gasteiger partial charge in [0, 0.05) is 23.0 Å². The van der Waals surface area contributed by atoms with Crippen LogP contribution in [0.15, 0.2) is 60.9 Å². The van der Waals surface area contributed by atoms with Crippen LogP contribution in [0.3, 0.4) is 0 Å². The third-order valence-corrected chi connectivity index (χ3v) is 5.02. The van der Waals surface area contributed by atoms with Crippen LogP contribution in [0.4, 0.5) is 5.69 Å². The minimum absolute atomic E-state index is 0.145. The second-order valence-corrected chi connectivity index (χ2v) is 7.29. The summed E-state index contributed by atoms with van der Waals surface area (Å²) in [6, 6.07) is 16.4. The molecule has 0 unspecified atom stereocenters. The Bertz CT molecular complexity index is 1250. The second kappa shape index (κ2) is 8.39. The van der Waals surface area contributed by atoms with E-state index in [0.29, 0.717) is 34.5 Å². The molecule has 0 aliphatic carbocycles. The number of carbonyl (C=O) groups is 1. The highest BCUT2D eigenvalue weighted by Gasteiger charge is 2.11. The van der Waals surface area contributed by atoms with Crippen molar-refractivity contribution >= 4 is 11.6 Å². The van der Waals surface area contributed by atoms with E-state index < -0.39 is 0 Å². The second-order valence-electron chi connectivity index (χ2n) is 7.29. The zero-order valence-electron chi connectivity index (χ0n) is 17.9. The molecule has 7 heteroatoms. The SMILES string of the molecule is Cc1nc(Oc2ccc(NC(=O)c3ccccc3C)cc2)cc(-n2cnc(C)c2C)n1. The summed E-state index contributed by atoms with van der Waals surface area (Å²) in [5, 5.41) is 2.91. The van der Waals surface area contributed by atoms with Gasteiger partial charge in [-0.1, -0.05) is 18.2 Å². The molecule has 0 saturated heterocycles. The number of nitrogens with one attached hydrogen (secondary N) is 1. The summed E-state index contributed by atoms with van der Waals surface area (Å²) in [4.78, 5) is 25.7. The Labute approximate surface area is 180 Å². The Balaban J connectivity index is 1.50. The van der Waals surface area contributed by atoms with E-state index in [-0.39, 0.29) is 5.91 Å². The first-order valence-corrected chi connectivity index (χ1v) is 9.92. The molecule has 0 spiro atoms. The maximum atomic E-state index is 12.5. The first-order valence-electron chi connectivity index (χ1n) is 9.92. The molecule has 4 rings (SSSR count). The fraction of sp³-hybridized carbons (Fsp3) is 0.167. The summed E-state index contributed by atoms with van der Waals surface area (Å²) in [5.41, 5.74) is 4.22. The molecule has 7 nitrogen and oxygen atoms in total. The van der Waals surface area contributed by atoms with Crippen molar-refractivity contribution in [1.82, 2.24) is 19.5 Å². The van der Waals surface area contributed by atoms with Gasteiger partial charge in [0.2, 0.25) is 5.88 Å². The molecular weight excluding hydrogens is 390 g/mol. The molecule has 0 aliphatic rings. The molecule has 1 amide bonds. The number of carbonyl (C=O) groups excluding carboxylic acids is 1.